The zero-order chi connectivity index (χ0) is 25.5. The van der Waals surface area contributed by atoms with Gasteiger partial charge in [0.2, 0.25) is 11.9 Å². The number of Topliss-reactive ketones (excluding diaryl/α,β-unsaturated/α-hetero) is 1. The lowest BCUT2D eigenvalue weighted by molar-refractivity contribution is -0.172. The number of esters is 3. The second kappa shape index (κ2) is 11.2. The Morgan fingerprint density at radius 3 is 1.71 bits per heavy atom. The molecule has 1 saturated heterocycles. The number of rotatable bonds is 7. The summed E-state index contributed by atoms with van der Waals surface area (Å²) in [5, 5.41) is 0. The van der Waals surface area contributed by atoms with Crippen LogP contribution in [0.25, 0.3) is 0 Å². The van der Waals surface area contributed by atoms with E-state index in [-0.39, 0.29) is 16.7 Å². The Morgan fingerprint density at radius 2 is 1.20 bits per heavy atom. The lowest BCUT2D eigenvalue weighted by Gasteiger charge is -2.35. The van der Waals surface area contributed by atoms with Gasteiger partial charge in [-0.15, -0.1) is 0 Å². The van der Waals surface area contributed by atoms with E-state index in [2.05, 4.69) is 0 Å². The molecule has 0 bridgehead atoms. The summed E-state index contributed by atoms with van der Waals surface area (Å²) in [6.07, 6.45) is -4.37. The van der Waals surface area contributed by atoms with Crippen LogP contribution in [0.2, 0.25) is 0 Å². The second-order valence-electron chi connectivity index (χ2n) is 7.59. The van der Waals surface area contributed by atoms with Crippen molar-refractivity contribution >= 4 is 23.7 Å². The maximum absolute atomic E-state index is 12.8. The third-order valence-electron chi connectivity index (χ3n) is 5.19. The number of hydrogen-bond donors (Lipinski definition) is 0. The molecule has 0 saturated carbocycles. The van der Waals surface area contributed by atoms with Crippen molar-refractivity contribution in [2.45, 2.75) is 18.3 Å². The third kappa shape index (κ3) is 5.99. The molecule has 0 radical (unpaired) electrons. The van der Waals surface area contributed by atoms with Gasteiger partial charge in [-0.3, -0.25) is 4.79 Å². The Bertz CT molecular complexity index is 1220. The zero-order valence-electron chi connectivity index (χ0n) is 19.4. The summed E-state index contributed by atoms with van der Waals surface area (Å²) >= 11 is 0. The number of ketones is 1. The molecule has 3 aromatic carbocycles. The highest BCUT2D eigenvalue weighted by molar-refractivity contribution is 5.94. The van der Waals surface area contributed by atoms with E-state index in [9.17, 15) is 19.2 Å². The largest absolute Gasteiger partial charge is 0.459 e. The van der Waals surface area contributed by atoms with Gasteiger partial charge in [0.15, 0.2) is 6.10 Å². The molecular weight excluding hydrogens is 452 g/mol. The first kappa shape index (κ1) is 22.5. The lowest BCUT2D eigenvalue weighted by atomic mass is 10.0. The van der Waals surface area contributed by atoms with E-state index in [1.165, 1.54) is 24.3 Å². The maximum Gasteiger partial charge on any atom is 0.338 e. The van der Waals surface area contributed by atoms with Crippen LogP contribution in [0.3, 0.4) is 0 Å². The number of carbonyl (C=O) groups is 4. The van der Waals surface area contributed by atoms with E-state index >= 15 is 0 Å². The van der Waals surface area contributed by atoms with Crippen LogP contribution in [0, 0.1) is 0 Å². The molecule has 0 spiro atoms. The summed E-state index contributed by atoms with van der Waals surface area (Å²) in [5.41, 5.74) is 0.626. The predicted molar refractivity (Wildman–Crippen MR) is 123 cm³/mol. The van der Waals surface area contributed by atoms with Gasteiger partial charge in [0.25, 0.3) is 0 Å². The van der Waals surface area contributed by atoms with Gasteiger partial charge in [0.1, 0.15) is 19.3 Å². The van der Waals surface area contributed by atoms with Crippen LogP contribution in [0.4, 0.5) is 0 Å². The monoisotopic (exact) mass is 475 g/mol. The summed E-state index contributed by atoms with van der Waals surface area (Å²) in [7, 11) is 0. The molecule has 0 unspecified atom stereocenters. The highest BCUT2D eigenvalue weighted by atomic mass is 16.6. The molecule has 0 N–H and O–H groups in total. The molecule has 1 aliphatic heterocycles. The van der Waals surface area contributed by atoms with Crippen LogP contribution >= 0.6 is 0 Å². The van der Waals surface area contributed by atoms with Crippen molar-refractivity contribution in [1.29, 1.82) is 0 Å². The molecule has 1 fully saturated rings. The van der Waals surface area contributed by atoms with E-state index in [0.29, 0.717) is 0 Å². The maximum atomic E-state index is 12.8. The van der Waals surface area contributed by atoms with Gasteiger partial charge < -0.3 is 18.9 Å². The normalized spacial score (nSPS) is 21.9. The van der Waals surface area contributed by atoms with Crippen LogP contribution in [0.5, 0.6) is 0 Å². The van der Waals surface area contributed by atoms with E-state index in [0.717, 1.165) is 0 Å². The lowest BCUT2D eigenvalue weighted by Crippen LogP contribution is -2.56. The van der Waals surface area contributed by atoms with Gasteiger partial charge in [0, 0.05) is 0 Å². The highest BCUT2D eigenvalue weighted by Crippen LogP contribution is 2.23. The summed E-state index contributed by atoms with van der Waals surface area (Å²) in [6, 6.07) is 24.1. The molecular formula is C27H22O8. The average molecular weight is 475 g/mol. The molecule has 0 aliphatic carbocycles. The number of benzene rings is 3. The van der Waals surface area contributed by atoms with Gasteiger partial charge >= 0.3 is 17.9 Å². The molecule has 178 valence electrons. The first-order chi connectivity index (χ1) is 17.4. The van der Waals surface area contributed by atoms with Gasteiger partial charge in [-0.2, -0.15) is 0 Å². The summed E-state index contributed by atoms with van der Waals surface area (Å²) in [5.74, 6) is -3.23. The Morgan fingerprint density at radius 1 is 0.743 bits per heavy atom. The fraction of sp³-hybridized carbons (Fsp3) is 0.185. The quantitative estimate of drug-likeness (QED) is 0.379. The first-order valence-electron chi connectivity index (χ1n) is 11.4. The van der Waals surface area contributed by atoms with Gasteiger partial charge in [0.05, 0.1) is 18.1 Å². The smallest absolute Gasteiger partial charge is 0.338 e. The van der Waals surface area contributed by atoms with E-state index in [4.69, 9.17) is 20.3 Å². The second-order valence-corrected chi connectivity index (χ2v) is 7.59. The Kier molecular flexibility index (Phi) is 7.21. The fourth-order valence-corrected chi connectivity index (χ4v) is 3.39. The molecule has 4 atom stereocenters. The first-order valence-corrected chi connectivity index (χ1v) is 10.8. The molecule has 0 amide bonds. The average Bonchev–Trinajstić information content (AvgIpc) is 2.92. The van der Waals surface area contributed by atoms with Crippen LogP contribution in [0.15, 0.2) is 91.0 Å². The zero-order valence-corrected chi connectivity index (χ0v) is 18.4. The van der Waals surface area contributed by atoms with E-state index in [1.54, 1.807) is 66.7 Å². The number of hydrogen-bond acceptors (Lipinski definition) is 8. The fourth-order valence-electron chi connectivity index (χ4n) is 3.39. The Hall–Kier alpha value is -4.30. The summed E-state index contributed by atoms with van der Waals surface area (Å²) in [4.78, 5) is 50.8. The number of ether oxygens (including phenoxy) is 4. The van der Waals surface area contributed by atoms with Crippen molar-refractivity contribution in [2.75, 3.05) is 13.2 Å². The Labute approximate surface area is 202 Å². The molecule has 0 aromatic heterocycles. The standard InChI is InChI=1S/C27H22O8/c28-21-16-32-22(17-33-25(29)18-10-4-1-5-11-18)24(35-27(31)20-14-8-3-9-15-20)23(21)34-26(30)19-12-6-2-7-13-19/h1-15,22-24H,16-17H2/t22-,23-,24-/m1/s1/i16D/t16-,22-,23-,24-. The van der Waals surface area contributed by atoms with Crippen molar-refractivity contribution in [2.24, 2.45) is 0 Å². The van der Waals surface area contributed by atoms with E-state index < -0.39 is 55.2 Å². The molecule has 3 aromatic rings. The molecule has 1 aliphatic rings. The molecule has 8 heteroatoms. The van der Waals surface area contributed by atoms with Gasteiger partial charge in [-0.05, 0) is 36.4 Å². The number of carbonyl (C=O) groups excluding carboxylic acids is 4. The van der Waals surface area contributed by atoms with Crippen LogP contribution < -0.4 is 0 Å². The van der Waals surface area contributed by atoms with Crippen molar-refractivity contribution in [3.8, 4) is 0 Å². The SMILES string of the molecule is [2H][C@H]1O[C@H](COC(=O)c2ccccc2)[C@@H](OC(=O)c2ccccc2)[C@H](OC(=O)c2ccccc2)C1=O. The topological polar surface area (TPSA) is 105 Å². The molecule has 1 heterocycles. The van der Waals surface area contributed by atoms with Crippen molar-refractivity contribution < 1.29 is 39.5 Å². The highest BCUT2D eigenvalue weighted by Gasteiger charge is 2.46. The third-order valence-corrected chi connectivity index (χ3v) is 5.19. The minimum Gasteiger partial charge on any atom is -0.459 e. The van der Waals surface area contributed by atoms with Gasteiger partial charge in [-0.25, -0.2) is 14.4 Å². The molecule has 8 nitrogen and oxygen atoms in total. The van der Waals surface area contributed by atoms with Crippen LogP contribution in [-0.4, -0.2) is 55.2 Å². The Balaban J connectivity index is 1.58. The van der Waals surface area contributed by atoms with Crippen molar-refractivity contribution in [1.82, 2.24) is 0 Å². The molecule has 35 heavy (non-hydrogen) atoms. The van der Waals surface area contributed by atoms with Crippen LogP contribution in [0.1, 0.15) is 32.4 Å². The van der Waals surface area contributed by atoms with Crippen LogP contribution in [-0.2, 0) is 23.7 Å². The van der Waals surface area contributed by atoms with Crippen molar-refractivity contribution in [3.63, 3.8) is 0 Å². The predicted octanol–water partition coefficient (Wildman–Crippen LogP) is 3.26. The minimum absolute atomic E-state index is 0.165. The summed E-state index contributed by atoms with van der Waals surface area (Å²) < 4.78 is 29.8. The summed E-state index contributed by atoms with van der Waals surface area (Å²) in [6.45, 7) is -2.20. The molecule has 4 rings (SSSR count). The van der Waals surface area contributed by atoms with Crippen molar-refractivity contribution in [3.05, 3.63) is 108 Å². The minimum atomic E-state index is -1.74. The van der Waals surface area contributed by atoms with E-state index in [1.807, 2.05) is 0 Å². The van der Waals surface area contributed by atoms with Gasteiger partial charge in [-0.1, -0.05) is 54.6 Å².